The molecule has 6 rings (SSSR count). The van der Waals surface area contributed by atoms with Crippen molar-refractivity contribution in [3.8, 4) is 22.3 Å². The van der Waals surface area contributed by atoms with E-state index in [9.17, 15) is 0 Å². The SMILES string of the molecule is CC.CC.CC.CC.c1ccc2c(c1)-c1ccccc1[Si]21c2ccccc2-c2ccccc21. The lowest BCUT2D eigenvalue weighted by molar-refractivity contribution is 1.50. The quantitative estimate of drug-likeness (QED) is 0.215. The van der Waals surface area contributed by atoms with Crippen LogP contribution in [0.1, 0.15) is 55.4 Å². The molecule has 4 aromatic rings. The van der Waals surface area contributed by atoms with Gasteiger partial charge in [-0.1, -0.05) is 152 Å². The second kappa shape index (κ2) is 12.4. The molecule has 0 bridgehead atoms. The van der Waals surface area contributed by atoms with Crippen molar-refractivity contribution in [3.63, 3.8) is 0 Å². The molecule has 1 spiro atoms. The van der Waals surface area contributed by atoms with E-state index in [-0.39, 0.29) is 0 Å². The summed E-state index contributed by atoms with van der Waals surface area (Å²) in [6.07, 6.45) is 0. The van der Waals surface area contributed by atoms with Crippen LogP contribution in [0.3, 0.4) is 0 Å². The Morgan fingerprint density at radius 1 is 0.303 bits per heavy atom. The van der Waals surface area contributed by atoms with Crippen molar-refractivity contribution < 1.29 is 0 Å². The van der Waals surface area contributed by atoms with Crippen molar-refractivity contribution in [2.45, 2.75) is 55.4 Å². The fourth-order valence-corrected chi connectivity index (χ4v) is 10.7. The lowest BCUT2D eigenvalue weighted by Crippen LogP contribution is -2.70. The Kier molecular flexibility index (Phi) is 9.88. The summed E-state index contributed by atoms with van der Waals surface area (Å²) in [5.74, 6) is 0. The predicted octanol–water partition coefficient (Wildman–Crippen LogP) is 7.13. The van der Waals surface area contributed by atoms with Crippen LogP contribution in [-0.4, -0.2) is 8.07 Å². The average molecular weight is 453 g/mol. The van der Waals surface area contributed by atoms with Gasteiger partial charge in [-0.15, -0.1) is 0 Å². The van der Waals surface area contributed by atoms with Gasteiger partial charge in [0, 0.05) is 0 Å². The molecule has 33 heavy (non-hydrogen) atoms. The lowest BCUT2D eigenvalue weighted by Gasteiger charge is -2.27. The molecule has 0 aliphatic carbocycles. The molecule has 0 fully saturated rings. The Bertz CT molecular complexity index is 969. The van der Waals surface area contributed by atoms with Crippen molar-refractivity contribution in [2.75, 3.05) is 0 Å². The van der Waals surface area contributed by atoms with Crippen molar-refractivity contribution in [3.05, 3.63) is 97.1 Å². The van der Waals surface area contributed by atoms with Gasteiger partial charge < -0.3 is 0 Å². The minimum atomic E-state index is -2.15. The Balaban J connectivity index is 0.000000440. The summed E-state index contributed by atoms with van der Waals surface area (Å²) in [6, 6.07) is 36.3. The zero-order chi connectivity index (χ0) is 24.4. The molecule has 0 nitrogen and oxygen atoms in total. The summed E-state index contributed by atoms with van der Waals surface area (Å²) in [5.41, 5.74) is 5.71. The van der Waals surface area contributed by atoms with Crippen LogP contribution in [0.2, 0.25) is 0 Å². The molecule has 0 aromatic heterocycles. The minimum absolute atomic E-state index is 1.43. The molecule has 1 heteroatoms. The van der Waals surface area contributed by atoms with E-state index in [1.54, 1.807) is 20.7 Å². The Morgan fingerprint density at radius 3 is 0.697 bits per heavy atom. The zero-order valence-electron chi connectivity index (χ0n) is 21.7. The molecule has 172 valence electrons. The number of benzene rings is 4. The van der Waals surface area contributed by atoms with Crippen molar-refractivity contribution in [2.24, 2.45) is 0 Å². The summed E-state index contributed by atoms with van der Waals surface area (Å²) in [5, 5.41) is 6.20. The highest BCUT2D eigenvalue weighted by molar-refractivity contribution is 7.24. The van der Waals surface area contributed by atoms with Gasteiger partial charge in [0.15, 0.2) is 8.07 Å². The molecule has 0 atom stereocenters. The molecule has 0 radical (unpaired) electrons. The highest BCUT2D eigenvalue weighted by Gasteiger charge is 2.53. The molecule has 0 amide bonds. The summed E-state index contributed by atoms with van der Waals surface area (Å²) >= 11 is 0. The van der Waals surface area contributed by atoms with E-state index >= 15 is 0 Å². The van der Waals surface area contributed by atoms with Gasteiger partial charge in [0.1, 0.15) is 0 Å². The third-order valence-electron chi connectivity index (χ3n) is 5.90. The standard InChI is InChI=1S/C24H16Si.4C2H6/c1-5-13-21-17(9-1)18-10-2-6-14-22(18)25(21)23-15-7-3-11-19(23)20-12-4-8-16-24(20)25;4*1-2/h1-16H;4*1-2H3. The number of hydrogen-bond acceptors (Lipinski definition) is 0. The van der Waals surface area contributed by atoms with Crippen LogP contribution in [0.25, 0.3) is 22.3 Å². The molecular weight excluding hydrogens is 412 g/mol. The third-order valence-corrected chi connectivity index (χ3v) is 10.9. The maximum atomic E-state index is 2.38. The molecule has 2 aliphatic heterocycles. The van der Waals surface area contributed by atoms with Crippen molar-refractivity contribution in [1.82, 2.24) is 0 Å². The summed E-state index contributed by atoms with van der Waals surface area (Å²) in [7, 11) is -2.15. The monoisotopic (exact) mass is 452 g/mol. The molecule has 2 aliphatic rings. The normalized spacial score (nSPS) is 11.9. The summed E-state index contributed by atoms with van der Waals surface area (Å²) < 4.78 is 0. The van der Waals surface area contributed by atoms with Crippen LogP contribution in [0.5, 0.6) is 0 Å². The molecular formula is C32H40Si. The maximum Gasteiger partial charge on any atom is 0.182 e. The number of fused-ring (bicyclic) bond motifs is 10. The maximum absolute atomic E-state index is 2.38. The van der Waals surface area contributed by atoms with Gasteiger partial charge in [-0.05, 0) is 43.0 Å². The van der Waals surface area contributed by atoms with Gasteiger partial charge in [0.05, 0.1) is 0 Å². The first-order chi connectivity index (χ1) is 16.4. The van der Waals surface area contributed by atoms with Gasteiger partial charge in [-0.25, -0.2) is 0 Å². The van der Waals surface area contributed by atoms with Gasteiger partial charge >= 0.3 is 0 Å². The van der Waals surface area contributed by atoms with Crippen LogP contribution in [0, 0.1) is 0 Å². The smallest absolute Gasteiger partial charge is 0.0683 e. The first kappa shape index (κ1) is 26.4. The fourth-order valence-electron chi connectivity index (χ4n) is 5.05. The van der Waals surface area contributed by atoms with Crippen LogP contribution < -0.4 is 20.7 Å². The molecule has 2 heterocycles. The fraction of sp³-hybridized carbons (Fsp3) is 0.250. The predicted molar refractivity (Wildman–Crippen MR) is 153 cm³/mol. The first-order valence-electron chi connectivity index (χ1n) is 12.8. The topological polar surface area (TPSA) is 0 Å². The van der Waals surface area contributed by atoms with Gasteiger partial charge in [0.2, 0.25) is 0 Å². The zero-order valence-corrected chi connectivity index (χ0v) is 22.7. The summed E-state index contributed by atoms with van der Waals surface area (Å²) in [6.45, 7) is 16.0. The lowest BCUT2D eigenvalue weighted by atomic mass is 10.1. The van der Waals surface area contributed by atoms with Crippen molar-refractivity contribution in [1.29, 1.82) is 0 Å². The Morgan fingerprint density at radius 2 is 0.485 bits per heavy atom. The Labute approximate surface area is 203 Å². The van der Waals surface area contributed by atoms with Crippen LogP contribution in [0.15, 0.2) is 97.1 Å². The minimum Gasteiger partial charge on any atom is -0.0683 e. The van der Waals surface area contributed by atoms with Gasteiger partial charge in [0.25, 0.3) is 0 Å². The van der Waals surface area contributed by atoms with E-state index in [0.29, 0.717) is 0 Å². The Hall–Kier alpha value is -2.90. The van der Waals surface area contributed by atoms with E-state index < -0.39 is 8.07 Å². The molecule has 0 saturated carbocycles. The second-order valence-corrected chi connectivity index (χ2v) is 10.6. The highest BCUT2D eigenvalue weighted by Crippen LogP contribution is 2.35. The number of rotatable bonds is 0. The van der Waals surface area contributed by atoms with E-state index in [4.69, 9.17) is 0 Å². The molecule has 0 unspecified atom stereocenters. The molecule has 4 aromatic carbocycles. The third kappa shape index (κ3) is 4.00. The first-order valence-corrected chi connectivity index (χ1v) is 14.8. The summed E-state index contributed by atoms with van der Waals surface area (Å²) in [4.78, 5) is 0. The van der Waals surface area contributed by atoms with Crippen LogP contribution in [0.4, 0.5) is 0 Å². The highest BCUT2D eigenvalue weighted by atomic mass is 28.3. The number of hydrogen-bond donors (Lipinski definition) is 0. The van der Waals surface area contributed by atoms with Gasteiger partial charge in [-0.3, -0.25) is 0 Å². The molecule has 0 N–H and O–H groups in total. The van der Waals surface area contributed by atoms with Gasteiger partial charge in [-0.2, -0.15) is 0 Å². The average Bonchev–Trinajstić information content (AvgIpc) is 3.41. The largest absolute Gasteiger partial charge is 0.182 e. The van der Waals surface area contributed by atoms with E-state index in [1.165, 1.54) is 22.3 Å². The molecule has 0 saturated heterocycles. The van der Waals surface area contributed by atoms with Crippen LogP contribution in [-0.2, 0) is 0 Å². The van der Waals surface area contributed by atoms with E-state index in [1.807, 2.05) is 55.4 Å². The van der Waals surface area contributed by atoms with E-state index in [0.717, 1.165) is 0 Å². The second-order valence-electron chi connectivity index (χ2n) is 6.93. The van der Waals surface area contributed by atoms with Crippen molar-refractivity contribution >= 4 is 28.8 Å². The van der Waals surface area contributed by atoms with E-state index in [2.05, 4.69) is 97.1 Å². The van der Waals surface area contributed by atoms with Crippen LogP contribution >= 0.6 is 0 Å².